The number of nitriles is 1. The average molecular weight is 329 g/mol. The van der Waals surface area contributed by atoms with Crippen molar-refractivity contribution in [1.82, 2.24) is 14.6 Å². The van der Waals surface area contributed by atoms with Gasteiger partial charge in [0, 0.05) is 23.8 Å². The van der Waals surface area contributed by atoms with Gasteiger partial charge in [-0.3, -0.25) is 10.1 Å². The van der Waals surface area contributed by atoms with Crippen LogP contribution in [0.1, 0.15) is 18.4 Å². The van der Waals surface area contributed by atoms with Gasteiger partial charge in [0.25, 0.3) is 0 Å². The minimum atomic E-state index is -0.00825. The van der Waals surface area contributed by atoms with E-state index < -0.39 is 0 Å². The van der Waals surface area contributed by atoms with Gasteiger partial charge in [-0.05, 0) is 42.2 Å². The average Bonchev–Trinajstić information content (AvgIpc) is 3.40. The summed E-state index contributed by atoms with van der Waals surface area (Å²) in [6.07, 6.45) is 6.90. The molecule has 25 heavy (non-hydrogen) atoms. The van der Waals surface area contributed by atoms with Crippen molar-refractivity contribution in [1.29, 1.82) is 5.26 Å². The first-order valence-corrected chi connectivity index (χ1v) is 8.07. The van der Waals surface area contributed by atoms with Crippen LogP contribution in [0, 0.1) is 17.2 Å². The van der Waals surface area contributed by atoms with Crippen LogP contribution in [-0.4, -0.2) is 20.5 Å². The maximum Gasteiger partial charge on any atom is 0.249 e. The molecule has 0 atom stereocenters. The largest absolute Gasteiger partial charge is 0.293 e. The second-order valence-corrected chi connectivity index (χ2v) is 5.97. The van der Waals surface area contributed by atoms with Crippen molar-refractivity contribution in [2.75, 3.05) is 5.32 Å². The Labute approximate surface area is 144 Å². The Morgan fingerprint density at radius 1 is 1.28 bits per heavy atom. The molecule has 0 unspecified atom stereocenters. The monoisotopic (exact) mass is 329 g/mol. The van der Waals surface area contributed by atoms with E-state index in [1.807, 2.05) is 48.7 Å². The van der Waals surface area contributed by atoms with E-state index in [0.29, 0.717) is 11.6 Å². The van der Waals surface area contributed by atoms with E-state index in [0.717, 1.165) is 29.5 Å². The summed E-state index contributed by atoms with van der Waals surface area (Å²) in [6, 6.07) is 13.7. The van der Waals surface area contributed by atoms with E-state index in [9.17, 15) is 4.79 Å². The summed E-state index contributed by atoms with van der Waals surface area (Å²) in [5, 5.41) is 15.7. The molecule has 122 valence electrons. The molecule has 2 heterocycles. The van der Waals surface area contributed by atoms with Crippen LogP contribution in [0.15, 0.2) is 48.7 Å². The zero-order valence-corrected chi connectivity index (χ0v) is 13.4. The topological polar surface area (TPSA) is 83.1 Å². The fraction of sp³-hybridized carbons (Fsp3) is 0.158. The molecule has 1 saturated carbocycles. The first kappa shape index (κ1) is 15.1. The van der Waals surface area contributed by atoms with Gasteiger partial charge >= 0.3 is 0 Å². The minimum absolute atomic E-state index is 0.00825. The number of nitrogens with zero attached hydrogens (tertiary/aromatic N) is 4. The highest BCUT2D eigenvalue weighted by atomic mass is 16.2. The van der Waals surface area contributed by atoms with Crippen molar-refractivity contribution in [2.24, 2.45) is 5.92 Å². The highest BCUT2D eigenvalue weighted by Crippen LogP contribution is 2.30. The number of anilines is 1. The van der Waals surface area contributed by atoms with E-state index in [1.165, 1.54) is 6.08 Å². The Bertz CT molecular complexity index is 1010. The molecule has 1 aliphatic carbocycles. The molecule has 1 aromatic carbocycles. The molecule has 0 radical (unpaired) electrons. The lowest BCUT2D eigenvalue weighted by Gasteiger charge is -2.03. The fourth-order valence-electron chi connectivity index (χ4n) is 2.65. The Morgan fingerprint density at radius 3 is 2.80 bits per heavy atom. The van der Waals surface area contributed by atoms with Crippen molar-refractivity contribution in [3.05, 3.63) is 54.2 Å². The number of pyridine rings is 1. The molecule has 2 aromatic heterocycles. The van der Waals surface area contributed by atoms with E-state index in [4.69, 9.17) is 5.26 Å². The number of hydrogen-bond donors (Lipinski definition) is 1. The molecule has 1 N–H and O–H groups in total. The number of aromatic nitrogens is 3. The summed E-state index contributed by atoms with van der Waals surface area (Å²) < 4.78 is 1.67. The lowest BCUT2D eigenvalue weighted by molar-refractivity contribution is -0.117. The molecule has 0 bridgehead atoms. The summed E-state index contributed by atoms with van der Waals surface area (Å²) in [5.41, 5.74) is 3.56. The van der Waals surface area contributed by atoms with Crippen LogP contribution >= 0.6 is 0 Å². The van der Waals surface area contributed by atoms with Crippen molar-refractivity contribution in [3.63, 3.8) is 0 Å². The van der Waals surface area contributed by atoms with E-state index in [1.54, 1.807) is 10.6 Å². The second kappa shape index (κ2) is 6.21. The van der Waals surface area contributed by atoms with Gasteiger partial charge in [-0.2, -0.15) is 10.2 Å². The number of benzene rings is 1. The first-order chi connectivity index (χ1) is 12.2. The van der Waals surface area contributed by atoms with Crippen molar-refractivity contribution >= 4 is 23.6 Å². The number of carbonyl (C=O) groups is 1. The van der Waals surface area contributed by atoms with Gasteiger partial charge in [-0.15, -0.1) is 5.10 Å². The first-order valence-electron chi connectivity index (χ1n) is 8.07. The molecule has 1 aliphatic rings. The quantitative estimate of drug-likeness (QED) is 0.745. The molecule has 1 amide bonds. The molecule has 3 aromatic rings. The smallest absolute Gasteiger partial charge is 0.249 e. The summed E-state index contributed by atoms with van der Waals surface area (Å²) in [6.45, 7) is 0. The van der Waals surface area contributed by atoms with Crippen molar-refractivity contribution in [3.8, 4) is 17.2 Å². The molecule has 6 heteroatoms. The van der Waals surface area contributed by atoms with Gasteiger partial charge in [0.1, 0.15) is 0 Å². The summed E-state index contributed by atoms with van der Waals surface area (Å²) >= 11 is 0. The fourth-order valence-corrected chi connectivity index (χ4v) is 2.65. The standard InChI is InChI=1S/C19H15N5O/c20-11-1-3-13-5-7-14(8-6-13)16-4-2-12-24-17(16)21-19(23-24)22-18(25)15-9-10-15/h1-8,12,15H,9-10H2,(H,22,23,25)/b3-1+. The third-order valence-electron chi connectivity index (χ3n) is 4.12. The Hall–Kier alpha value is -3.46. The Morgan fingerprint density at radius 2 is 2.08 bits per heavy atom. The summed E-state index contributed by atoms with van der Waals surface area (Å²) in [5.74, 6) is 0.434. The zero-order chi connectivity index (χ0) is 17.2. The van der Waals surface area contributed by atoms with Gasteiger partial charge in [-0.1, -0.05) is 24.3 Å². The summed E-state index contributed by atoms with van der Waals surface area (Å²) in [4.78, 5) is 16.4. The number of fused-ring (bicyclic) bond motifs is 1. The van der Waals surface area contributed by atoms with Crippen LogP contribution in [0.3, 0.4) is 0 Å². The highest BCUT2D eigenvalue weighted by Gasteiger charge is 2.30. The van der Waals surface area contributed by atoms with Crippen molar-refractivity contribution in [2.45, 2.75) is 12.8 Å². The van der Waals surface area contributed by atoms with E-state index >= 15 is 0 Å². The molecule has 0 spiro atoms. The highest BCUT2D eigenvalue weighted by molar-refractivity contribution is 5.93. The molecule has 0 aliphatic heterocycles. The van der Waals surface area contributed by atoms with Gasteiger partial charge in [0.05, 0.1) is 6.07 Å². The normalized spacial score (nSPS) is 13.9. The van der Waals surface area contributed by atoms with E-state index in [-0.39, 0.29) is 11.8 Å². The number of hydrogen-bond acceptors (Lipinski definition) is 4. The van der Waals surface area contributed by atoms with Crippen LogP contribution in [0.25, 0.3) is 22.9 Å². The maximum atomic E-state index is 11.9. The predicted octanol–water partition coefficient (Wildman–Crippen LogP) is 3.28. The SMILES string of the molecule is N#C/C=C/c1ccc(-c2cccn3nc(NC(=O)C4CC4)nc23)cc1. The van der Waals surface area contributed by atoms with Crippen LogP contribution in [0.2, 0.25) is 0 Å². The van der Waals surface area contributed by atoms with Crippen LogP contribution in [0.4, 0.5) is 5.95 Å². The number of allylic oxidation sites excluding steroid dienone is 1. The number of amides is 1. The number of rotatable bonds is 4. The van der Waals surface area contributed by atoms with Gasteiger partial charge in [0.15, 0.2) is 5.65 Å². The molecule has 1 fully saturated rings. The lowest BCUT2D eigenvalue weighted by atomic mass is 10.0. The molecular formula is C19H15N5O. The molecular weight excluding hydrogens is 314 g/mol. The molecule has 4 rings (SSSR count). The third kappa shape index (κ3) is 3.12. The van der Waals surface area contributed by atoms with Gasteiger partial charge < -0.3 is 0 Å². The van der Waals surface area contributed by atoms with Crippen LogP contribution in [-0.2, 0) is 4.79 Å². The third-order valence-corrected chi connectivity index (χ3v) is 4.12. The number of carbonyl (C=O) groups excluding carboxylic acids is 1. The van der Waals surface area contributed by atoms with Crippen molar-refractivity contribution < 1.29 is 4.79 Å². The summed E-state index contributed by atoms with van der Waals surface area (Å²) in [7, 11) is 0. The second-order valence-electron chi connectivity index (χ2n) is 5.97. The van der Waals surface area contributed by atoms with Crippen LogP contribution < -0.4 is 5.32 Å². The van der Waals surface area contributed by atoms with Crippen LogP contribution in [0.5, 0.6) is 0 Å². The Balaban J connectivity index is 1.67. The molecule has 6 nitrogen and oxygen atoms in total. The molecule has 0 saturated heterocycles. The predicted molar refractivity (Wildman–Crippen MR) is 94.4 cm³/mol. The zero-order valence-electron chi connectivity index (χ0n) is 13.4. The van der Waals surface area contributed by atoms with Gasteiger partial charge in [0.2, 0.25) is 11.9 Å². The Kier molecular flexibility index (Phi) is 3.75. The van der Waals surface area contributed by atoms with E-state index in [2.05, 4.69) is 15.4 Å². The maximum absolute atomic E-state index is 11.9. The van der Waals surface area contributed by atoms with Gasteiger partial charge in [-0.25, -0.2) is 4.52 Å². The minimum Gasteiger partial charge on any atom is -0.293 e. The number of nitrogens with one attached hydrogen (secondary N) is 1. The lowest BCUT2D eigenvalue weighted by Crippen LogP contribution is -2.14.